The number of nitrogen functional groups attached to an aromatic ring is 1. The molecule has 88 valence electrons. The molecule has 0 aliphatic rings. The highest BCUT2D eigenvalue weighted by atomic mass is 79.9. The number of nitrogens with one attached hydrogen (secondary N) is 1. The summed E-state index contributed by atoms with van der Waals surface area (Å²) in [6.45, 7) is 0. The standard InChI is InChI=1S/C8H11BrN4O2S/c1-15-5(14)2-3-16-8-6(9)7(13-10)11-4-12-8/h4H,2-3,10H2,1H3,(H,11,12,13). The summed E-state index contributed by atoms with van der Waals surface area (Å²) in [5.74, 6) is 6.12. The summed E-state index contributed by atoms with van der Waals surface area (Å²) in [4.78, 5) is 18.9. The van der Waals surface area contributed by atoms with Crippen LogP contribution >= 0.6 is 27.7 Å². The second-order valence-electron chi connectivity index (χ2n) is 2.66. The molecular formula is C8H11BrN4O2S. The van der Waals surface area contributed by atoms with Crippen LogP contribution in [-0.4, -0.2) is 28.8 Å². The number of aromatic nitrogens is 2. The first-order valence-corrected chi connectivity index (χ1v) is 6.13. The van der Waals surface area contributed by atoms with E-state index in [-0.39, 0.29) is 5.97 Å². The quantitative estimate of drug-likeness (QED) is 0.277. The number of rotatable bonds is 5. The van der Waals surface area contributed by atoms with Crippen molar-refractivity contribution in [2.24, 2.45) is 5.84 Å². The van der Waals surface area contributed by atoms with Crippen molar-refractivity contribution in [1.29, 1.82) is 0 Å². The van der Waals surface area contributed by atoms with Crippen LogP contribution in [0.15, 0.2) is 15.8 Å². The number of anilines is 1. The van der Waals surface area contributed by atoms with E-state index in [0.29, 0.717) is 22.5 Å². The van der Waals surface area contributed by atoms with Crippen LogP contribution in [0, 0.1) is 0 Å². The maximum Gasteiger partial charge on any atom is 0.306 e. The maximum absolute atomic E-state index is 10.9. The second-order valence-corrected chi connectivity index (χ2v) is 4.54. The number of hydrazine groups is 1. The Kier molecular flexibility index (Phi) is 5.50. The van der Waals surface area contributed by atoms with Crippen LogP contribution in [0.5, 0.6) is 0 Å². The molecule has 0 aromatic carbocycles. The summed E-state index contributed by atoms with van der Waals surface area (Å²) in [5, 5.41) is 0.729. The molecule has 1 aromatic heterocycles. The Labute approximate surface area is 105 Å². The molecule has 0 amide bonds. The smallest absolute Gasteiger partial charge is 0.306 e. The molecule has 0 aliphatic carbocycles. The zero-order valence-corrected chi connectivity index (χ0v) is 11.0. The predicted octanol–water partition coefficient (Wildman–Crippen LogP) is 1.18. The van der Waals surface area contributed by atoms with Gasteiger partial charge < -0.3 is 10.2 Å². The molecule has 0 fully saturated rings. The van der Waals surface area contributed by atoms with Crippen molar-refractivity contribution in [1.82, 2.24) is 9.97 Å². The average Bonchev–Trinajstić information content (AvgIpc) is 2.31. The monoisotopic (exact) mass is 306 g/mol. The minimum absolute atomic E-state index is 0.241. The van der Waals surface area contributed by atoms with Gasteiger partial charge in [0, 0.05) is 5.75 Å². The van der Waals surface area contributed by atoms with Gasteiger partial charge in [-0.05, 0) is 15.9 Å². The number of carbonyl (C=O) groups excluding carboxylic acids is 1. The number of ether oxygens (including phenoxy) is 1. The van der Waals surface area contributed by atoms with Gasteiger partial charge in [0.25, 0.3) is 0 Å². The van der Waals surface area contributed by atoms with Crippen LogP contribution in [0.25, 0.3) is 0 Å². The Balaban J connectivity index is 2.57. The van der Waals surface area contributed by atoms with E-state index < -0.39 is 0 Å². The second kappa shape index (κ2) is 6.66. The van der Waals surface area contributed by atoms with Crippen LogP contribution in [0.4, 0.5) is 5.82 Å². The fourth-order valence-electron chi connectivity index (χ4n) is 0.888. The third-order valence-electron chi connectivity index (χ3n) is 1.67. The summed E-state index contributed by atoms with van der Waals surface area (Å²) >= 11 is 4.75. The van der Waals surface area contributed by atoms with Gasteiger partial charge in [-0.15, -0.1) is 11.8 Å². The highest BCUT2D eigenvalue weighted by molar-refractivity contribution is 9.10. The van der Waals surface area contributed by atoms with Crippen molar-refractivity contribution >= 4 is 39.5 Å². The molecule has 0 atom stereocenters. The molecular weight excluding hydrogens is 296 g/mol. The number of halogens is 1. The molecule has 0 bridgehead atoms. The molecule has 3 N–H and O–H groups in total. The number of methoxy groups -OCH3 is 1. The summed E-state index contributed by atoms with van der Waals surface area (Å²) in [6, 6.07) is 0. The van der Waals surface area contributed by atoms with Crippen LogP contribution in [0.3, 0.4) is 0 Å². The van der Waals surface area contributed by atoms with Crippen molar-refractivity contribution in [3.05, 3.63) is 10.8 Å². The van der Waals surface area contributed by atoms with E-state index in [1.807, 2.05) is 0 Å². The molecule has 0 saturated heterocycles. The van der Waals surface area contributed by atoms with Crippen molar-refractivity contribution in [2.75, 3.05) is 18.3 Å². The van der Waals surface area contributed by atoms with Crippen LogP contribution in [-0.2, 0) is 9.53 Å². The molecule has 8 heteroatoms. The summed E-state index contributed by atoms with van der Waals surface area (Å²) in [6.07, 6.45) is 1.74. The van der Waals surface area contributed by atoms with Gasteiger partial charge in [-0.2, -0.15) is 0 Å². The van der Waals surface area contributed by atoms with Crippen molar-refractivity contribution in [3.63, 3.8) is 0 Å². The Bertz CT molecular complexity index is 377. The molecule has 0 saturated carbocycles. The zero-order chi connectivity index (χ0) is 12.0. The molecule has 0 spiro atoms. The van der Waals surface area contributed by atoms with Gasteiger partial charge in [-0.3, -0.25) is 4.79 Å². The molecule has 1 aromatic rings. The first kappa shape index (κ1) is 13.2. The normalized spacial score (nSPS) is 9.94. The number of nitrogens with zero attached hydrogens (tertiary/aromatic N) is 2. The van der Waals surface area contributed by atoms with Gasteiger partial charge in [-0.1, -0.05) is 0 Å². The number of nitrogens with two attached hydrogens (primary N) is 1. The molecule has 1 heterocycles. The summed E-state index contributed by atoms with van der Waals surface area (Å²) in [7, 11) is 1.37. The highest BCUT2D eigenvalue weighted by Gasteiger charge is 2.09. The SMILES string of the molecule is COC(=O)CCSc1ncnc(NN)c1Br. The molecule has 0 aliphatic heterocycles. The highest BCUT2D eigenvalue weighted by Crippen LogP contribution is 2.29. The predicted molar refractivity (Wildman–Crippen MR) is 64.9 cm³/mol. The Morgan fingerprint density at radius 2 is 2.44 bits per heavy atom. The lowest BCUT2D eigenvalue weighted by atomic mass is 10.5. The number of hydrogen-bond donors (Lipinski definition) is 2. The van der Waals surface area contributed by atoms with Gasteiger partial charge in [0.05, 0.1) is 18.0 Å². The van der Waals surface area contributed by atoms with E-state index in [2.05, 4.69) is 36.1 Å². The van der Waals surface area contributed by atoms with Crippen molar-refractivity contribution in [3.8, 4) is 0 Å². The first-order valence-electron chi connectivity index (χ1n) is 4.35. The Morgan fingerprint density at radius 1 is 1.69 bits per heavy atom. The number of hydrogen-bond acceptors (Lipinski definition) is 7. The van der Waals surface area contributed by atoms with Crippen molar-refractivity contribution in [2.45, 2.75) is 11.4 Å². The lowest BCUT2D eigenvalue weighted by Crippen LogP contribution is -2.10. The van der Waals surface area contributed by atoms with Gasteiger partial charge in [0.2, 0.25) is 0 Å². The first-order chi connectivity index (χ1) is 7.69. The summed E-state index contributed by atoms with van der Waals surface area (Å²) in [5.41, 5.74) is 2.44. The third kappa shape index (κ3) is 3.62. The van der Waals surface area contributed by atoms with E-state index >= 15 is 0 Å². The van der Waals surface area contributed by atoms with E-state index in [9.17, 15) is 4.79 Å². The van der Waals surface area contributed by atoms with E-state index in [1.54, 1.807) is 0 Å². The Morgan fingerprint density at radius 3 is 3.06 bits per heavy atom. The van der Waals surface area contributed by atoms with Gasteiger partial charge in [0.15, 0.2) is 5.82 Å². The number of carbonyl (C=O) groups is 1. The van der Waals surface area contributed by atoms with Gasteiger partial charge in [-0.25, -0.2) is 15.8 Å². The topological polar surface area (TPSA) is 90.1 Å². The fourth-order valence-corrected chi connectivity index (χ4v) is 2.36. The maximum atomic E-state index is 10.9. The van der Waals surface area contributed by atoms with Crippen molar-refractivity contribution < 1.29 is 9.53 Å². The van der Waals surface area contributed by atoms with Crippen LogP contribution in [0.2, 0.25) is 0 Å². The third-order valence-corrected chi connectivity index (χ3v) is 3.67. The van der Waals surface area contributed by atoms with Crippen LogP contribution in [0.1, 0.15) is 6.42 Å². The zero-order valence-electron chi connectivity index (χ0n) is 8.57. The summed E-state index contributed by atoms with van der Waals surface area (Å²) < 4.78 is 5.22. The molecule has 0 unspecified atom stereocenters. The average molecular weight is 307 g/mol. The van der Waals surface area contributed by atoms with Gasteiger partial charge >= 0.3 is 5.97 Å². The van der Waals surface area contributed by atoms with Gasteiger partial charge in [0.1, 0.15) is 11.4 Å². The van der Waals surface area contributed by atoms with E-state index in [0.717, 1.165) is 5.03 Å². The minimum atomic E-state index is -0.241. The largest absolute Gasteiger partial charge is 0.469 e. The van der Waals surface area contributed by atoms with E-state index in [4.69, 9.17) is 5.84 Å². The Hall–Kier alpha value is -0.860. The van der Waals surface area contributed by atoms with Crippen LogP contribution < -0.4 is 11.3 Å². The lowest BCUT2D eigenvalue weighted by Gasteiger charge is -2.06. The molecule has 6 nitrogen and oxygen atoms in total. The molecule has 16 heavy (non-hydrogen) atoms. The fraction of sp³-hybridized carbons (Fsp3) is 0.375. The molecule has 0 radical (unpaired) electrons. The van der Waals surface area contributed by atoms with E-state index in [1.165, 1.54) is 25.2 Å². The number of thioether (sulfide) groups is 1. The lowest BCUT2D eigenvalue weighted by molar-refractivity contribution is -0.140. The molecule has 1 rings (SSSR count). The number of esters is 1. The minimum Gasteiger partial charge on any atom is -0.469 e.